The number of rotatable bonds is 3. The summed E-state index contributed by atoms with van der Waals surface area (Å²) in [6.45, 7) is 10.4. The number of epoxide rings is 1. The van der Waals surface area contributed by atoms with Crippen molar-refractivity contribution in [3.63, 3.8) is 0 Å². The van der Waals surface area contributed by atoms with Crippen molar-refractivity contribution in [2.75, 3.05) is 0 Å². The number of esters is 1. The summed E-state index contributed by atoms with van der Waals surface area (Å²) in [6.07, 6.45) is 0.861. The van der Waals surface area contributed by atoms with Crippen LogP contribution in [0.15, 0.2) is 16.5 Å². The highest BCUT2D eigenvalue weighted by Crippen LogP contribution is 2.45. The van der Waals surface area contributed by atoms with Crippen LogP contribution < -0.4 is 0 Å². The zero-order valence-corrected chi connectivity index (χ0v) is 22.1. The van der Waals surface area contributed by atoms with Crippen LogP contribution in [0.1, 0.15) is 84.7 Å². The molecule has 7 atom stereocenters. The van der Waals surface area contributed by atoms with Crippen molar-refractivity contribution in [1.82, 2.24) is 4.98 Å². The Kier molecular flexibility index (Phi) is 8.78. The molecule has 202 valence electrons. The van der Waals surface area contributed by atoms with Gasteiger partial charge in [-0.1, -0.05) is 34.1 Å². The standard InChI is InChI=1S/C27H40FNO7/c1-7-18-24(32)15(2)9-8-10-27(6)22(36-27)12-20(19(28)11-17-14-34-16(3)29-17)35-23(31)13-21(30)26(4,5)25(18)33/h11,14-15,18,20-22,24,30,32H,7-10,12-13H2,1-6H3. The Morgan fingerprint density at radius 2 is 1.97 bits per heavy atom. The Bertz CT molecular complexity index is 973. The number of carbonyl (C=O) groups excluding carboxylic acids is 2. The fourth-order valence-corrected chi connectivity index (χ4v) is 5.09. The average molecular weight is 510 g/mol. The lowest BCUT2D eigenvalue weighted by Gasteiger charge is -2.35. The van der Waals surface area contributed by atoms with Crippen molar-refractivity contribution in [2.24, 2.45) is 17.3 Å². The molecule has 0 spiro atoms. The second kappa shape index (κ2) is 11.1. The lowest BCUT2D eigenvalue weighted by molar-refractivity contribution is -0.155. The van der Waals surface area contributed by atoms with E-state index < -0.39 is 53.5 Å². The van der Waals surface area contributed by atoms with Crippen molar-refractivity contribution in [3.05, 3.63) is 23.7 Å². The lowest BCUT2D eigenvalue weighted by Crippen LogP contribution is -2.46. The number of Topliss-reactive ketones (excluding diaryl/α,β-unsaturated/α-hetero) is 1. The highest BCUT2D eigenvalue weighted by atomic mass is 19.1. The van der Waals surface area contributed by atoms with Gasteiger partial charge in [-0.2, -0.15) is 0 Å². The lowest BCUT2D eigenvalue weighted by atomic mass is 9.71. The predicted octanol–water partition coefficient (Wildman–Crippen LogP) is 4.31. The average Bonchev–Trinajstić information content (AvgIpc) is 3.24. The number of hydrogen-bond donors (Lipinski definition) is 2. The van der Waals surface area contributed by atoms with E-state index in [9.17, 15) is 19.8 Å². The number of ether oxygens (including phenoxy) is 2. The normalized spacial score (nSPS) is 36.8. The minimum Gasteiger partial charge on any atom is -0.455 e. The molecule has 0 aliphatic carbocycles. The maximum Gasteiger partial charge on any atom is 0.309 e. The van der Waals surface area contributed by atoms with Gasteiger partial charge in [-0.25, -0.2) is 9.37 Å². The van der Waals surface area contributed by atoms with E-state index in [4.69, 9.17) is 13.9 Å². The molecule has 2 saturated heterocycles. The van der Waals surface area contributed by atoms with Crippen LogP contribution in [0.2, 0.25) is 0 Å². The number of carbonyl (C=O) groups is 2. The highest BCUT2D eigenvalue weighted by Gasteiger charge is 2.53. The second-order valence-electron chi connectivity index (χ2n) is 11.1. The largest absolute Gasteiger partial charge is 0.455 e. The van der Waals surface area contributed by atoms with E-state index in [1.807, 2.05) is 20.8 Å². The molecule has 0 aromatic carbocycles. The third-order valence-electron chi connectivity index (χ3n) is 7.90. The van der Waals surface area contributed by atoms with Crippen LogP contribution in [0.25, 0.3) is 6.08 Å². The fourth-order valence-electron chi connectivity index (χ4n) is 5.09. The molecule has 2 fully saturated rings. The number of ketones is 1. The van der Waals surface area contributed by atoms with Gasteiger partial charge >= 0.3 is 5.97 Å². The van der Waals surface area contributed by atoms with Crippen LogP contribution in [0.4, 0.5) is 4.39 Å². The smallest absolute Gasteiger partial charge is 0.309 e. The number of hydrogen-bond acceptors (Lipinski definition) is 8. The van der Waals surface area contributed by atoms with Gasteiger partial charge in [-0.3, -0.25) is 9.59 Å². The SMILES string of the molecule is CCC1C(=O)C(C)(C)C(O)CC(=O)OC(C(F)=Cc2coc(C)n2)CC2OC2(C)CCCC(C)C1O. The Balaban J connectivity index is 1.87. The molecule has 0 amide bonds. The minimum absolute atomic E-state index is 0.107. The first kappa shape index (κ1) is 28.5. The number of aryl methyl sites for hydroxylation is 1. The van der Waals surface area contributed by atoms with Gasteiger partial charge in [0.05, 0.1) is 35.7 Å². The number of aliphatic hydroxyl groups excluding tert-OH is 2. The molecule has 2 N–H and O–H groups in total. The van der Waals surface area contributed by atoms with Gasteiger partial charge in [-0.15, -0.1) is 0 Å². The number of fused-ring (bicyclic) bond motifs is 1. The molecule has 3 heterocycles. The van der Waals surface area contributed by atoms with Crippen LogP contribution in [0.3, 0.4) is 0 Å². The van der Waals surface area contributed by atoms with Crippen LogP contribution in [0.5, 0.6) is 0 Å². The van der Waals surface area contributed by atoms with E-state index in [0.29, 0.717) is 25.2 Å². The molecule has 0 radical (unpaired) electrons. The zero-order valence-electron chi connectivity index (χ0n) is 22.1. The van der Waals surface area contributed by atoms with Gasteiger partial charge in [0.25, 0.3) is 0 Å². The third-order valence-corrected chi connectivity index (χ3v) is 7.90. The quantitative estimate of drug-likeness (QED) is 0.457. The summed E-state index contributed by atoms with van der Waals surface area (Å²) in [5.74, 6) is -2.27. The molecule has 0 saturated carbocycles. The topological polar surface area (TPSA) is 122 Å². The summed E-state index contributed by atoms with van der Waals surface area (Å²) in [6, 6.07) is 0. The first-order valence-electron chi connectivity index (χ1n) is 12.9. The summed E-state index contributed by atoms with van der Waals surface area (Å²) in [5.41, 5.74) is -1.53. The van der Waals surface area contributed by atoms with Crippen LogP contribution in [-0.2, 0) is 19.1 Å². The molecule has 2 aliphatic heterocycles. The Morgan fingerprint density at radius 3 is 2.58 bits per heavy atom. The van der Waals surface area contributed by atoms with Crippen LogP contribution in [0, 0.1) is 24.2 Å². The van der Waals surface area contributed by atoms with Crippen molar-refractivity contribution >= 4 is 17.8 Å². The number of aliphatic hydroxyl groups is 2. The number of nitrogens with zero attached hydrogens (tertiary/aromatic N) is 1. The molecule has 3 rings (SSSR count). The molecule has 8 nitrogen and oxygen atoms in total. The van der Waals surface area contributed by atoms with Crippen LogP contribution in [-0.4, -0.2) is 57.0 Å². The molecule has 7 unspecified atom stereocenters. The monoisotopic (exact) mass is 509 g/mol. The number of cyclic esters (lactones) is 1. The van der Waals surface area contributed by atoms with Gasteiger partial charge in [0, 0.05) is 25.3 Å². The maximum absolute atomic E-state index is 15.3. The molecule has 36 heavy (non-hydrogen) atoms. The summed E-state index contributed by atoms with van der Waals surface area (Å²) in [7, 11) is 0. The van der Waals surface area contributed by atoms with Gasteiger partial charge in [0.15, 0.2) is 12.0 Å². The van der Waals surface area contributed by atoms with Gasteiger partial charge in [-0.05, 0) is 32.1 Å². The van der Waals surface area contributed by atoms with Gasteiger partial charge in [0.1, 0.15) is 23.6 Å². The number of oxazole rings is 1. The third kappa shape index (κ3) is 6.42. The Hall–Kier alpha value is -2.10. The maximum atomic E-state index is 15.3. The van der Waals surface area contributed by atoms with E-state index in [2.05, 4.69) is 4.98 Å². The molecule has 0 bridgehead atoms. The van der Waals surface area contributed by atoms with E-state index in [1.54, 1.807) is 20.8 Å². The van der Waals surface area contributed by atoms with Gasteiger partial charge < -0.3 is 24.1 Å². The Morgan fingerprint density at radius 1 is 1.28 bits per heavy atom. The zero-order chi connectivity index (χ0) is 26.8. The van der Waals surface area contributed by atoms with Crippen molar-refractivity contribution in [2.45, 2.75) is 110 Å². The first-order chi connectivity index (χ1) is 16.8. The second-order valence-corrected chi connectivity index (χ2v) is 11.1. The van der Waals surface area contributed by atoms with E-state index in [1.165, 1.54) is 6.26 Å². The molecular weight excluding hydrogens is 469 g/mol. The molecule has 1 aromatic heterocycles. The molecule has 1 aromatic rings. The van der Waals surface area contributed by atoms with Crippen molar-refractivity contribution in [1.29, 1.82) is 0 Å². The van der Waals surface area contributed by atoms with Crippen molar-refractivity contribution in [3.8, 4) is 0 Å². The van der Waals surface area contributed by atoms with E-state index in [0.717, 1.165) is 12.5 Å². The summed E-state index contributed by atoms with van der Waals surface area (Å²) in [4.78, 5) is 30.2. The van der Waals surface area contributed by atoms with E-state index >= 15 is 4.39 Å². The fraction of sp³-hybridized carbons (Fsp3) is 0.741. The number of halogens is 1. The summed E-state index contributed by atoms with van der Waals surface area (Å²) >= 11 is 0. The summed E-state index contributed by atoms with van der Waals surface area (Å²) in [5, 5.41) is 21.8. The first-order valence-corrected chi connectivity index (χ1v) is 12.9. The predicted molar refractivity (Wildman–Crippen MR) is 130 cm³/mol. The Labute approximate surface area is 212 Å². The molecular formula is C27H40FNO7. The summed E-state index contributed by atoms with van der Waals surface area (Å²) < 4.78 is 31.8. The van der Waals surface area contributed by atoms with Crippen LogP contribution >= 0.6 is 0 Å². The van der Waals surface area contributed by atoms with Gasteiger partial charge in [0.2, 0.25) is 0 Å². The molecule has 9 heteroatoms. The number of aromatic nitrogens is 1. The van der Waals surface area contributed by atoms with Crippen molar-refractivity contribution < 1.29 is 38.1 Å². The minimum atomic E-state index is -1.37. The molecule has 2 aliphatic rings. The van der Waals surface area contributed by atoms with E-state index in [-0.39, 0.29) is 29.9 Å². The highest BCUT2D eigenvalue weighted by molar-refractivity contribution is 5.88.